The Morgan fingerprint density at radius 1 is 0.886 bits per heavy atom. The number of ether oxygens (including phenoxy) is 2. The lowest BCUT2D eigenvalue weighted by atomic mass is 10.1. The van der Waals surface area contributed by atoms with E-state index in [4.69, 9.17) is 9.47 Å². The van der Waals surface area contributed by atoms with E-state index in [1.807, 2.05) is 42.5 Å². The maximum atomic E-state index is 12.6. The Hall–Kier alpha value is -4.92. The summed E-state index contributed by atoms with van der Waals surface area (Å²) in [5.74, 6) is 1.32. The molecule has 2 N–H and O–H groups in total. The zero-order valence-corrected chi connectivity index (χ0v) is 19.1. The maximum absolute atomic E-state index is 12.6. The van der Waals surface area contributed by atoms with Crippen LogP contribution in [-0.2, 0) is 0 Å². The van der Waals surface area contributed by atoms with Crippen LogP contribution < -0.4 is 20.1 Å². The molecule has 174 valence electrons. The molecule has 1 amide bonds. The van der Waals surface area contributed by atoms with Gasteiger partial charge in [0.15, 0.2) is 5.65 Å². The zero-order chi connectivity index (χ0) is 24.2. The molecule has 0 saturated carbocycles. The number of amides is 1. The van der Waals surface area contributed by atoms with Crippen molar-refractivity contribution in [2.24, 2.45) is 0 Å². The maximum Gasteiger partial charge on any atom is 0.255 e. The summed E-state index contributed by atoms with van der Waals surface area (Å²) in [7, 11) is 3.15. The van der Waals surface area contributed by atoms with Crippen molar-refractivity contribution >= 4 is 28.9 Å². The van der Waals surface area contributed by atoms with Crippen LogP contribution in [0, 0.1) is 0 Å². The standard InChI is InChI=1S/C26H22N6O3/c1-34-20-14-10-17(11-15-20)22-6-3-7-23-30-26(31-32(22)23)28-19-12-8-18(9-13-19)24(33)29-21-5-4-16-27-25(21)35-2/h3-16H,1-2H3,(H,28,31)(H,29,33). The average molecular weight is 467 g/mol. The van der Waals surface area contributed by atoms with Crippen molar-refractivity contribution in [3.8, 4) is 22.9 Å². The summed E-state index contributed by atoms with van der Waals surface area (Å²) >= 11 is 0. The number of nitrogens with zero attached hydrogens (tertiary/aromatic N) is 4. The molecule has 0 fully saturated rings. The fraction of sp³-hybridized carbons (Fsp3) is 0.0769. The zero-order valence-electron chi connectivity index (χ0n) is 19.1. The Bertz CT molecular complexity index is 1480. The fourth-order valence-corrected chi connectivity index (χ4v) is 3.62. The molecule has 0 bridgehead atoms. The first kappa shape index (κ1) is 21.9. The molecule has 0 aliphatic heterocycles. The van der Waals surface area contributed by atoms with E-state index < -0.39 is 0 Å². The molecule has 0 atom stereocenters. The summed E-state index contributed by atoms with van der Waals surface area (Å²) in [4.78, 5) is 21.3. The summed E-state index contributed by atoms with van der Waals surface area (Å²) in [6, 6.07) is 24.1. The quantitative estimate of drug-likeness (QED) is 0.355. The number of carbonyl (C=O) groups excluding carboxylic acids is 1. The highest BCUT2D eigenvalue weighted by atomic mass is 16.5. The van der Waals surface area contributed by atoms with Crippen molar-refractivity contribution in [1.29, 1.82) is 0 Å². The van der Waals surface area contributed by atoms with Gasteiger partial charge < -0.3 is 20.1 Å². The summed E-state index contributed by atoms with van der Waals surface area (Å²) in [6.45, 7) is 0. The van der Waals surface area contributed by atoms with Gasteiger partial charge in [-0.2, -0.15) is 4.98 Å². The number of anilines is 3. The molecular weight excluding hydrogens is 444 g/mol. The third kappa shape index (κ3) is 4.60. The number of carbonyl (C=O) groups is 1. The van der Waals surface area contributed by atoms with Crippen LogP contribution in [0.15, 0.2) is 85.1 Å². The number of fused-ring (bicyclic) bond motifs is 1. The molecule has 0 saturated heterocycles. The molecule has 3 heterocycles. The van der Waals surface area contributed by atoms with Crippen molar-refractivity contribution < 1.29 is 14.3 Å². The lowest BCUT2D eigenvalue weighted by Crippen LogP contribution is -2.13. The van der Waals surface area contributed by atoms with Crippen molar-refractivity contribution in [3.63, 3.8) is 0 Å². The first-order valence-corrected chi connectivity index (χ1v) is 10.8. The second-order valence-corrected chi connectivity index (χ2v) is 7.56. The summed E-state index contributed by atoms with van der Waals surface area (Å²) < 4.78 is 12.2. The van der Waals surface area contributed by atoms with E-state index in [2.05, 4.69) is 25.7 Å². The Labute approximate surface area is 201 Å². The Morgan fingerprint density at radius 3 is 2.43 bits per heavy atom. The molecule has 0 radical (unpaired) electrons. The van der Waals surface area contributed by atoms with Gasteiger partial charge in [0.25, 0.3) is 5.91 Å². The number of methoxy groups -OCH3 is 2. The number of pyridine rings is 2. The molecule has 3 aromatic heterocycles. The topological polar surface area (TPSA) is 103 Å². The van der Waals surface area contributed by atoms with Gasteiger partial charge in [-0.1, -0.05) is 6.07 Å². The van der Waals surface area contributed by atoms with Crippen LogP contribution in [0.5, 0.6) is 11.6 Å². The van der Waals surface area contributed by atoms with Gasteiger partial charge in [0.05, 0.1) is 19.9 Å². The van der Waals surface area contributed by atoms with Crippen LogP contribution in [0.25, 0.3) is 16.9 Å². The number of hydrogen-bond acceptors (Lipinski definition) is 7. The third-order valence-corrected chi connectivity index (χ3v) is 5.36. The van der Waals surface area contributed by atoms with Crippen LogP contribution in [0.2, 0.25) is 0 Å². The lowest BCUT2D eigenvalue weighted by molar-refractivity contribution is 0.102. The average Bonchev–Trinajstić information content (AvgIpc) is 3.32. The molecule has 0 unspecified atom stereocenters. The molecular formula is C26H22N6O3. The van der Waals surface area contributed by atoms with Crippen LogP contribution >= 0.6 is 0 Å². The minimum absolute atomic E-state index is 0.266. The molecule has 0 spiro atoms. The van der Waals surface area contributed by atoms with Gasteiger partial charge in [-0.25, -0.2) is 9.50 Å². The van der Waals surface area contributed by atoms with E-state index in [0.29, 0.717) is 28.7 Å². The molecule has 5 aromatic rings. The summed E-state index contributed by atoms with van der Waals surface area (Å²) in [6.07, 6.45) is 1.60. The van der Waals surface area contributed by atoms with Gasteiger partial charge in [0, 0.05) is 23.0 Å². The molecule has 2 aromatic carbocycles. The predicted octanol–water partition coefficient (Wildman–Crippen LogP) is 4.80. The van der Waals surface area contributed by atoms with Crippen LogP contribution in [0.1, 0.15) is 10.4 Å². The van der Waals surface area contributed by atoms with E-state index in [-0.39, 0.29) is 5.91 Å². The monoisotopic (exact) mass is 466 g/mol. The first-order chi connectivity index (χ1) is 17.1. The molecule has 9 heteroatoms. The predicted molar refractivity (Wildman–Crippen MR) is 133 cm³/mol. The SMILES string of the molecule is COc1ccc(-c2cccc3nc(Nc4ccc(C(=O)Nc5cccnc5OC)cc4)nn23)cc1. The highest BCUT2D eigenvalue weighted by Crippen LogP contribution is 2.25. The fourth-order valence-electron chi connectivity index (χ4n) is 3.62. The number of benzene rings is 2. The number of nitrogens with one attached hydrogen (secondary N) is 2. The van der Waals surface area contributed by atoms with Gasteiger partial charge in [-0.05, 0) is 72.8 Å². The highest BCUT2D eigenvalue weighted by Gasteiger charge is 2.12. The number of rotatable bonds is 7. The molecule has 0 aliphatic carbocycles. The largest absolute Gasteiger partial charge is 0.497 e. The smallest absolute Gasteiger partial charge is 0.255 e. The lowest BCUT2D eigenvalue weighted by Gasteiger charge is -2.09. The summed E-state index contributed by atoms with van der Waals surface area (Å²) in [5, 5.41) is 10.6. The van der Waals surface area contributed by atoms with Crippen molar-refractivity contribution in [1.82, 2.24) is 19.6 Å². The van der Waals surface area contributed by atoms with Gasteiger partial charge in [-0.3, -0.25) is 4.79 Å². The molecule has 0 aliphatic rings. The Morgan fingerprint density at radius 2 is 1.69 bits per heavy atom. The van der Waals surface area contributed by atoms with Crippen molar-refractivity contribution in [3.05, 3.63) is 90.6 Å². The second kappa shape index (κ2) is 9.52. The normalized spacial score (nSPS) is 10.7. The van der Waals surface area contributed by atoms with E-state index >= 15 is 0 Å². The third-order valence-electron chi connectivity index (χ3n) is 5.36. The van der Waals surface area contributed by atoms with Crippen LogP contribution in [0.3, 0.4) is 0 Å². The van der Waals surface area contributed by atoms with Crippen molar-refractivity contribution in [2.45, 2.75) is 0 Å². The number of aromatic nitrogens is 4. The Balaban J connectivity index is 1.33. The van der Waals surface area contributed by atoms with Crippen molar-refractivity contribution in [2.75, 3.05) is 24.9 Å². The second-order valence-electron chi connectivity index (χ2n) is 7.56. The van der Waals surface area contributed by atoms with Crippen LogP contribution in [-0.4, -0.2) is 39.7 Å². The van der Waals surface area contributed by atoms with Crippen LogP contribution in [0.4, 0.5) is 17.3 Å². The molecule has 9 nitrogen and oxygen atoms in total. The first-order valence-electron chi connectivity index (χ1n) is 10.8. The molecule has 35 heavy (non-hydrogen) atoms. The van der Waals surface area contributed by atoms with Gasteiger partial charge in [0.2, 0.25) is 11.8 Å². The molecule has 5 rings (SSSR count). The minimum Gasteiger partial charge on any atom is -0.497 e. The van der Waals surface area contributed by atoms with Gasteiger partial charge >= 0.3 is 0 Å². The van der Waals surface area contributed by atoms with E-state index in [1.165, 1.54) is 7.11 Å². The summed E-state index contributed by atoms with van der Waals surface area (Å²) in [5.41, 5.74) is 4.36. The van der Waals surface area contributed by atoms with E-state index in [0.717, 1.165) is 22.7 Å². The van der Waals surface area contributed by atoms with E-state index in [1.54, 1.807) is 54.2 Å². The van der Waals surface area contributed by atoms with Gasteiger partial charge in [0.1, 0.15) is 11.4 Å². The Kier molecular flexibility index (Phi) is 5.96. The highest BCUT2D eigenvalue weighted by molar-refractivity contribution is 6.05. The number of hydrogen-bond donors (Lipinski definition) is 2. The van der Waals surface area contributed by atoms with Gasteiger partial charge in [-0.15, -0.1) is 5.10 Å². The van der Waals surface area contributed by atoms with E-state index in [9.17, 15) is 4.79 Å². The minimum atomic E-state index is -0.266.